The van der Waals surface area contributed by atoms with Crippen LogP contribution in [0.2, 0.25) is 0 Å². The highest BCUT2D eigenvalue weighted by molar-refractivity contribution is 5.22. The van der Waals surface area contributed by atoms with E-state index in [0.717, 1.165) is 17.1 Å². The molecule has 0 saturated carbocycles. The van der Waals surface area contributed by atoms with Gasteiger partial charge in [0, 0.05) is 17.7 Å². The molecule has 2 heterocycles. The zero-order valence-electron chi connectivity index (χ0n) is 13.5. The van der Waals surface area contributed by atoms with Crippen LogP contribution in [-0.4, -0.2) is 24.7 Å². The number of hydrogen-bond acceptors (Lipinski definition) is 4. The average molecular weight is 309 g/mol. The number of rotatable bonds is 4. The van der Waals surface area contributed by atoms with Gasteiger partial charge in [-0.2, -0.15) is 5.10 Å². The second kappa shape index (κ2) is 6.16. The first-order chi connectivity index (χ1) is 11.0. The molecule has 118 valence electrons. The summed E-state index contributed by atoms with van der Waals surface area (Å²) in [5, 5.41) is 4.45. The van der Waals surface area contributed by atoms with E-state index in [0.29, 0.717) is 30.2 Å². The Kier molecular flexibility index (Phi) is 4.06. The molecule has 0 aliphatic rings. The molecule has 0 aliphatic heterocycles. The highest BCUT2D eigenvalue weighted by Gasteiger charge is 2.14. The van der Waals surface area contributed by atoms with Crippen LogP contribution >= 0.6 is 0 Å². The summed E-state index contributed by atoms with van der Waals surface area (Å²) < 4.78 is 1.85. The lowest BCUT2D eigenvalue weighted by Gasteiger charge is -2.08. The number of nitrogens with one attached hydrogen (secondary N) is 1. The third kappa shape index (κ3) is 3.36. The van der Waals surface area contributed by atoms with Crippen LogP contribution in [0.5, 0.6) is 0 Å². The minimum Gasteiger partial charge on any atom is -0.311 e. The molecule has 1 aromatic carbocycles. The third-order valence-corrected chi connectivity index (χ3v) is 3.70. The van der Waals surface area contributed by atoms with Crippen molar-refractivity contribution in [2.45, 2.75) is 33.7 Å². The Morgan fingerprint density at radius 1 is 1.09 bits per heavy atom. The van der Waals surface area contributed by atoms with E-state index >= 15 is 0 Å². The zero-order valence-corrected chi connectivity index (χ0v) is 13.5. The van der Waals surface area contributed by atoms with Crippen molar-refractivity contribution in [1.29, 1.82) is 0 Å². The lowest BCUT2D eigenvalue weighted by Crippen LogP contribution is -2.20. The maximum Gasteiger partial charge on any atom is 0.254 e. The maximum atomic E-state index is 12.2. The van der Waals surface area contributed by atoms with Gasteiger partial charge in [-0.05, 0) is 26.3 Å². The van der Waals surface area contributed by atoms with Crippen molar-refractivity contribution >= 4 is 0 Å². The fourth-order valence-electron chi connectivity index (χ4n) is 2.63. The van der Waals surface area contributed by atoms with Gasteiger partial charge in [0.2, 0.25) is 0 Å². The van der Waals surface area contributed by atoms with Gasteiger partial charge < -0.3 is 4.98 Å². The van der Waals surface area contributed by atoms with E-state index in [1.165, 1.54) is 0 Å². The minimum absolute atomic E-state index is 0.109. The molecular formula is C17H19N5O. The number of benzene rings is 1. The van der Waals surface area contributed by atoms with Crippen molar-refractivity contribution in [1.82, 2.24) is 24.7 Å². The van der Waals surface area contributed by atoms with E-state index in [1.807, 2.05) is 48.9 Å². The van der Waals surface area contributed by atoms with E-state index in [4.69, 9.17) is 0 Å². The van der Waals surface area contributed by atoms with E-state index in [2.05, 4.69) is 20.1 Å². The third-order valence-electron chi connectivity index (χ3n) is 3.70. The van der Waals surface area contributed by atoms with Crippen molar-refractivity contribution in [3.8, 4) is 0 Å². The average Bonchev–Trinajstić information content (AvgIpc) is 2.83. The number of H-pyrrole nitrogens is 1. The largest absolute Gasteiger partial charge is 0.311 e. The molecule has 0 unspecified atom stereocenters. The first-order valence-corrected chi connectivity index (χ1v) is 7.53. The molecule has 1 N–H and O–H groups in total. The van der Waals surface area contributed by atoms with E-state index < -0.39 is 0 Å². The van der Waals surface area contributed by atoms with Gasteiger partial charge in [0.15, 0.2) is 0 Å². The van der Waals surface area contributed by atoms with Gasteiger partial charge in [-0.25, -0.2) is 14.6 Å². The van der Waals surface area contributed by atoms with Crippen molar-refractivity contribution < 1.29 is 0 Å². The fraction of sp³-hybridized carbons (Fsp3) is 0.294. The highest BCUT2D eigenvalue weighted by atomic mass is 16.1. The summed E-state index contributed by atoms with van der Waals surface area (Å²) in [6.07, 6.45) is 0.419. The van der Waals surface area contributed by atoms with Gasteiger partial charge in [0.05, 0.1) is 6.54 Å². The van der Waals surface area contributed by atoms with Gasteiger partial charge >= 0.3 is 0 Å². The molecule has 0 amide bonds. The number of hydrogen-bond donors (Lipinski definition) is 1. The Balaban J connectivity index is 1.94. The van der Waals surface area contributed by atoms with Crippen molar-refractivity contribution in [2.75, 3.05) is 0 Å². The Hall–Kier alpha value is -2.76. The summed E-state index contributed by atoms with van der Waals surface area (Å²) in [6, 6.07) is 10.1. The summed E-state index contributed by atoms with van der Waals surface area (Å²) in [4.78, 5) is 23.8. The van der Waals surface area contributed by atoms with Crippen LogP contribution in [0, 0.1) is 20.8 Å². The number of aryl methyl sites for hydroxylation is 3. The van der Waals surface area contributed by atoms with Crippen LogP contribution in [0.15, 0.2) is 35.1 Å². The molecule has 2 aromatic heterocycles. The molecule has 0 bridgehead atoms. The summed E-state index contributed by atoms with van der Waals surface area (Å²) in [7, 11) is 0. The van der Waals surface area contributed by atoms with Crippen molar-refractivity contribution in [2.24, 2.45) is 0 Å². The zero-order chi connectivity index (χ0) is 16.4. The molecule has 3 rings (SSSR count). The second-order valence-corrected chi connectivity index (χ2v) is 5.61. The fourth-order valence-corrected chi connectivity index (χ4v) is 2.63. The molecule has 23 heavy (non-hydrogen) atoms. The van der Waals surface area contributed by atoms with Crippen molar-refractivity contribution in [3.63, 3.8) is 0 Å². The molecule has 0 aliphatic carbocycles. The van der Waals surface area contributed by atoms with Crippen LogP contribution in [0.25, 0.3) is 0 Å². The maximum absolute atomic E-state index is 12.2. The Morgan fingerprint density at radius 3 is 2.52 bits per heavy atom. The molecule has 0 spiro atoms. The van der Waals surface area contributed by atoms with Crippen LogP contribution in [-0.2, 0) is 13.0 Å². The Morgan fingerprint density at radius 2 is 1.83 bits per heavy atom. The lowest BCUT2D eigenvalue weighted by atomic mass is 10.1. The van der Waals surface area contributed by atoms with E-state index in [1.54, 1.807) is 6.92 Å². The smallest absolute Gasteiger partial charge is 0.254 e. The highest BCUT2D eigenvalue weighted by Crippen LogP contribution is 2.10. The monoisotopic (exact) mass is 309 g/mol. The van der Waals surface area contributed by atoms with E-state index in [9.17, 15) is 4.79 Å². The quantitative estimate of drug-likeness (QED) is 0.799. The van der Waals surface area contributed by atoms with Crippen LogP contribution in [0.3, 0.4) is 0 Å². The molecule has 0 radical (unpaired) electrons. The molecule has 6 heteroatoms. The molecule has 0 saturated heterocycles. The predicted octanol–water partition coefficient (Wildman–Crippen LogP) is 1.93. The topological polar surface area (TPSA) is 76.5 Å². The minimum atomic E-state index is -0.109. The Labute approximate surface area is 134 Å². The number of aromatic amines is 1. The second-order valence-electron chi connectivity index (χ2n) is 5.61. The van der Waals surface area contributed by atoms with Crippen LogP contribution in [0.4, 0.5) is 0 Å². The molecular weight excluding hydrogens is 290 g/mol. The first kappa shape index (κ1) is 15.1. The molecule has 3 aromatic rings. The van der Waals surface area contributed by atoms with Gasteiger partial charge in [-0.3, -0.25) is 4.79 Å². The van der Waals surface area contributed by atoms with Gasteiger partial charge in [-0.15, -0.1) is 0 Å². The van der Waals surface area contributed by atoms with Crippen molar-refractivity contribution in [3.05, 3.63) is 75.0 Å². The summed E-state index contributed by atoms with van der Waals surface area (Å²) in [5.74, 6) is 2.09. The first-order valence-electron chi connectivity index (χ1n) is 7.53. The van der Waals surface area contributed by atoms with E-state index in [-0.39, 0.29) is 5.56 Å². The Bertz CT molecular complexity index is 880. The number of nitrogens with zero attached hydrogens (tertiary/aromatic N) is 4. The standard InChI is InChI=1S/C17H19N5O/c1-11-15(17(23)20-12(2)18-11)9-16-19-13(3)21-22(16)10-14-7-5-4-6-8-14/h4-8H,9-10H2,1-3H3,(H,18,20,23). The number of aromatic nitrogens is 5. The lowest BCUT2D eigenvalue weighted by molar-refractivity contribution is 0.642. The van der Waals surface area contributed by atoms with Crippen LogP contribution < -0.4 is 5.56 Å². The summed E-state index contributed by atoms with van der Waals surface area (Å²) in [6.45, 7) is 6.12. The molecule has 0 fully saturated rings. The summed E-state index contributed by atoms with van der Waals surface area (Å²) in [5.41, 5.74) is 2.41. The predicted molar refractivity (Wildman–Crippen MR) is 87.4 cm³/mol. The SMILES string of the molecule is Cc1nc(Cc2c(C)nc(C)[nH]c2=O)n(Cc2ccccc2)n1. The van der Waals surface area contributed by atoms with Gasteiger partial charge in [-0.1, -0.05) is 30.3 Å². The van der Waals surface area contributed by atoms with Gasteiger partial charge in [0.1, 0.15) is 17.5 Å². The van der Waals surface area contributed by atoms with Gasteiger partial charge in [0.25, 0.3) is 5.56 Å². The van der Waals surface area contributed by atoms with Crippen LogP contribution in [0.1, 0.15) is 34.3 Å². The molecule has 6 nitrogen and oxygen atoms in total. The normalized spacial score (nSPS) is 10.9. The summed E-state index contributed by atoms with van der Waals surface area (Å²) >= 11 is 0. The molecule has 0 atom stereocenters.